The summed E-state index contributed by atoms with van der Waals surface area (Å²) in [6, 6.07) is 14.2. The smallest absolute Gasteiger partial charge is 0.159 e. The SMILES string of the molecule is CC=CC(=O)Cc1cccc2ccccc12. The molecule has 0 unspecified atom stereocenters. The molecule has 0 bridgehead atoms. The van der Waals surface area contributed by atoms with Gasteiger partial charge in [-0.05, 0) is 29.3 Å². The van der Waals surface area contributed by atoms with Crippen LogP contribution in [0.1, 0.15) is 12.5 Å². The number of carbonyl (C=O) groups excluding carboxylic acids is 1. The van der Waals surface area contributed by atoms with Gasteiger partial charge in [-0.2, -0.15) is 0 Å². The van der Waals surface area contributed by atoms with Crippen LogP contribution in [0.3, 0.4) is 0 Å². The first kappa shape index (κ1) is 10.6. The van der Waals surface area contributed by atoms with E-state index in [1.807, 2.05) is 31.2 Å². The molecule has 1 heteroatoms. The summed E-state index contributed by atoms with van der Waals surface area (Å²) in [6.45, 7) is 1.86. The standard InChI is InChI=1S/C15H14O/c1-2-6-14(16)11-13-9-5-8-12-7-3-4-10-15(12)13/h2-10H,11H2,1H3. The molecule has 0 saturated carbocycles. The van der Waals surface area contributed by atoms with Crippen molar-refractivity contribution >= 4 is 16.6 Å². The van der Waals surface area contributed by atoms with E-state index in [9.17, 15) is 4.79 Å². The van der Waals surface area contributed by atoms with Gasteiger partial charge in [0, 0.05) is 6.42 Å². The van der Waals surface area contributed by atoms with Gasteiger partial charge in [-0.15, -0.1) is 0 Å². The zero-order valence-electron chi connectivity index (χ0n) is 9.31. The molecule has 0 aromatic heterocycles. The highest BCUT2D eigenvalue weighted by Crippen LogP contribution is 2.19. The van der Waals surface area contributed by atoms with Crippen molar-refractivity contribution in [1.29, 1.82) is 0 Å². The summed E-state index contributed by atoms with van der Waals surface area (Å²) in [5, 5.41) is 2.36. The Morgan fingerprint density at radius 1 is 1.12 bits per heavy atom. The minimum atomic E-state index is 0.152. The molecule has 0 amide bonds. The van der Waals surface area contributed by atoms with Gasteiger partial charge in [-0.1, -0.05) is 48.5 Å². The molecule has 16 heavy (non-hydrogen) atoms. The van der Waals surface area contributed by atoms with E-state index in [0.717, 1.165) is 5.56 Å². The van der Waals surface area contributed by atoms with Crippen LogP contribution in [0.2, 0.25) is 0 Å². The first-order valence-electron chi connectivity index (χ1n) is 5.43. The fourth-order valence-corrected chi connectivity index (χ4v) is 1.88. The first-order chi connectivity index (χ1) is 7.81. The third-order valence-corrected chi connectivity index (χ3v) is 2.60. The molecule has 0 aliphatic rings. The van der Waals surface area contributed by atoms with Gasteiger partial charge in [0.15, 0.2) is 5.78 Å². The number of hydrogen-bond donors (Lipinski definition) is 0. The minimum absolute atomic E-state index is 0.152. The van der Waals surface area contributed by atoms with E-state index in [-0.39, 0.29) is 5.78 Å². The normalized spacial score (nSPS) is 11.1. The molecule has 0 atom stereocenters. The van der Waals surface area contributed by atoms with Gasteiger partial charge < -0.3 is 0 Å². The molecule has 80 valence electrons. The largest absolute Gasteiger partial charge is 0.294 e. The van der Waals surface area contributed by atoms with Gasteiger partial charge in [-0.25, -0.2) is 0 Å². The van der Waals surface area contributed by atoms with Crippen molar-refractivity contribution in [2.24, 2.45) is 0 Å². The van der Waals surface area contributed by atoms with Gasteiger partial charge in [-0.3, -0.25) is 4.79 Å². The van der Waals surface area contributed by atoms with E-state index in [1.54, 1.807) is 12.2 Å². The number of benzene rings is 2. The first-order valence-corrected chi connectivity index (χ1v) is 5.43. The highest BCUT2D eigenvalue weighted by atomic mass is 16.1. The number of allylic oxidation sites excluding steroid dienone is 2. The van der Waals surface area contributed by atoms with Crippen LogP contribution in [-0.4, -0.2) is 5.78 Å². The Bertz CT molecular complexity index is 533. The van der Waals surface area contributed by atoms with Crippen LogP contribution >= 0.6 is 0 Å². The average Bonchev–Trinajstić information content (AvgIpc) is 2.30. The van der Waals surface area contributed by atoms with Crippen molar-refractivity contribution in [1.82, 2.24) is 0 Å². The maximum atomic E-state index is 11.6. The molecule has 2 aromatic rings. The summed E-state index contributed by atoms with van der Waals surface area (Å²) in [4.78, 5) is 11.6. The fourth-order valence-electron chi connectivity index (χ4n) is 1.88. The Kier molecular flexibility index (Phi) is 3.16. The molecular formula is C15H14O. The lowest BCUT2D eigenvalue weighted by Crippen LogP contribution is -1.98. The number of carbonyl (C=O) groups is 1. The van der Waals surface area contributed by atoms with Crippen LogP contribution in [0.5, 0.6) is 0 Å². The molecule has 2 aromatic carbocycles. The average molecular weight is 210 g/mol. The highest BCUT2D eigenvalue weighted by molar-refractivity contribution is 5.95. The molecule has 0 spiro atoms. The summed E-state index contributed by atoms with van der Waals surface area (Å²) >= 11 is 0. The third kappa shape index (κ3) is 2.19. The fraction of sp³-hybridized carbons (Fsp3) is 0.133. The van der Waals surface area contributed by atoms with Gasteiger partial charge in [0.2, 0.25) is 0 Å². The van der Waals surface area contributed by atoms with Gasteiger partial charge in [0.05, 0.1) is 0 Å². The van der Waals surface area contributed by atoms with Crippen molar-refractivity contribution in [3.8, 4) is 0 Å². The summed E-state index contributed by atoms with van der Waals surface area (Å²) in [5.41, 5.74) is 1.10. The molecule has 0 aliphatic carbocycles. The molecule has 0 saturated heterocycles. The molecule has 0 fully saturated rings. The number of fused-ring (bicyclic) bond motifs is 1. The predicted octanol–water partition coefficient (Wildman–Crippen LogP) is 3.53. The van der Waals surface area contributed by atoms with E-state index >= 15 is 0 Å². The lowest BCUT2D eigenvalue weighted by molar-refractivity contribution is -0.114. The second kappa shape index (κ2) is 4.75. The van der Waals surface area contributed by atoms with E-state index in [2.05, 4.69) is 18.2 Å². The van der Waals surface area contributed by atoms with Crippen molar-refractivity contribution in [2.45, 2.75) is 13.3 Å². The predicted molar refractivity (Wildman–Crippen MR) is 67.5 cm³/mol. The van der Waals surface area contributed by atoms with Gasteiger partial charge >= 0.3 is 0 Å². The minimum Gasteiger partial charge on any atom is -0.294 e. The maximum absolute atomic E-state index is 11.6. The molecule has 0 heterocycles. The number of rotatable bonds is 3. The Balaban J connectivity index is 2.41. The number of hydrogen-bond acceptors (Lipinski definition) is 1. The Labute approximate surface area is 95.4 Å². The summed E-state index contributed by atoms with van der Waals surface area (Å²) in [7, 11) is 0. The van der Waals surface area contributed by atoms with E-state index < -0.39 is 0 Å². The molecule has 0 aliphatic heterocycles. The Morgan fingerprint density at radius 2 is 1.88 bits per heavy atom. The van der Waals surface area contributed by atoms with Crippen molar-refractivity contribution in [3.63, 3.8) is 0 Å². The quantitative estimate of drug-likeness (QED) is 0.708. The maximum Gasteiger partial charge on any atom is 0.159 e. The summed E-state index contributed by atoms with van der Waals surface area (Å²) in [6.07, 6.45) is 3.89. The molecule has 2 rings (SSSR count). The molecular weight excluding hydrogens is 196 g/mol. The van der Waals surface area contributed by atoms with E-state index in [1.165, 1.54) is 10.8 Å². The second-order valence-electron chi connectivity index (χ2n) is 3.78. The topological polar surface area (TPSA) is 17.1 Å². The van der Waals surface area contributed by atoms with Gasteiger partial charge in [0.1, 0.15) is 0 Å². The Hall–Kier alpha value is -1.89. The van der Waals surface area contributed by atoms with Crippen LogP contribution in [0.15, 0.2) is 54.6 Å². The monoisotopic (exact) mass is 210 g/mol. The van der Waals surface area contributed by atoms with Crippen molar-refractivity contribution in [3.05, 3.63) is 60.2 Å². The zero-order valence-corrected chi connectivity index (χ0v) is 9.31. The summed E-state index contributed by atoms with van der Waals surface area (Å²) in [5.74, 6) is 0.152. The summed E-state index contributed by atoms with van der Waals surface area (Å²) < 4.78 is 0. The van der Waals surface area contributed by atoms with Gasteiger partial charge in [0.25, 0.3) is 0 Å². The van der Waals surface area contributed by atoms with Crippen molar-refractivity contribution < 1.29 is 4.79 Å². The zero-order chi connectivity index (χ0) is 11.4. The van der Waals surface area contributed by atoms with Crippen LogP contribution in [0.4, 0.5) is 0 Å². The molecule has 0 N–H and O–H groups in total. The van der Waals surface area contributed by atoms with E-state index in [4.69, 9.17) is 0 Å². The van der Waals surface area contributed by atoms with Crippen molar-refractivity contribution in [2.75, 3.05) is 0 Å². The van der Waals surface area contributed by atoms with Crippen LogP contribution in [0, 0.1) is 0 Å². The lowest BCUT2D eigenvalue weighted by atomic mass is 10.0. The lowest BCUT2D eigenvalue weighted by Gasteiger charge is -2.04. The van der Waals surface area contributed by atoms with E-state index in [0.29, 0.717) is 6.42 Å². The number of ketones is 1. The molecule has 1 nitrogen and oxygen atoms in total. The van der Waals surface area contributed by atoms with Crippen LogP contribution in [0.25, 0.3) is 10.8 Å². The highest BCUT2D eigenvalue weighted by Gasteiger charge is 2.03. The van der Waals surface area contributed by atoms with Crippen LogP contribution < -0.4 is 0 Å². The second-order valence-corrected chi connectivity index (χ2v) is 3.78. The third-order valence-electron chi connectivity index (χ3n) is 2.60. The molecule has 0 radical (unpaired) electrons. The van der Waals surface area contributed by atoms with Crippen LogP contribution in [-0.2, 0) is 11.2 Å². The Morgan fingerprint density at radius 3 is 2.69 bits per heavy atom.